The van der Waals surface area contributed by atoms with Crippen LogP contribution in [0, 0.1) is 0 Å². The maximum Gasteiger partial charge on any atom is 0.305 e. The van der Waals surface area contributed by atoms with Crippen LogP contribution in [0.3, 0.4) is 0 Å². The van der Waals surface area contributed by atoms with E-state index in [-0.39, 0.29) is 18.5 Å². The molecule has 0 aliphatic carbocycles. The third kappa shape index (κ3) is 62.9. The smallest absolute Gasteiger partial charge is 0.305 e. The van der Waals surface area contributed by atoms with Crippen molar-refractivity contribution in [3.8, 4) is 0 Å². The number of amides is 1. The van der Waals surface area contributed by atoms with Gasteiger partial charge < -0.3 is 20.3 Å². The van der Waals surface area contributed by atoms with Gasteiger partial charge in [-0.3, -0.25) is 9.59 Å². The van der Waals surface area contributed by atoms with Gasteiger partial charge >= 0.3 is 5.97 Å². The lowest BCUT2D eigenvalue weighted by molar-refractivity contribution is -0.143. The molecule has 0 aliphatic heterocycles. The fraction of sp³-hybridized carbons (Fsp3) is 0.859. The van der Waals surface area contributed by atoms with Crippen molar-refractivity contribution in [1.82, 2.24) is 5.32 Å². The van der Waals surface area contributed by atoms with E-state index in [1.807, 2.05) is 6.08 Å². The predicted octanol–water partition coefficient (Wildman–Crippen LogP) is 22.1. The number of rotatable bonds is 64. The van der Waals surface area contributed by atoms with Gasteiger partial charge in [0.15, 0.2) is 0 Å². The molecule has 0 aromatic heterocycles. The van der Waals surface area contributed by atoms with E-state index in [0.29, 0.717) is 19.4 Å². The first-order valence-corrected chi connectivity index (χ1v) is 34.4. The SMILES string of the molecule is CCCCC/C=C\C/C=C\CCCCCCCCCCCC(=O)OCCCCCCCCCCCCCC/C=C\CCCCCCCCCCCCCCCCC(=O)NC(CO)C(O)/C=C/CCCCCCCCCCC. The highest BCUT2D eigenvalue weighted by molar-refractivity contribution is 5.76. The van der Waals surface area contributed by atoms with E-state index in [0.717, 1.165) is 51.4 Å². The molecule has 0 aromatic carbocycles. The Hall–Kier alpha value is -2.18. The minimum Gasteiger partial charge on any atom is -0.466 e. The number of esters is 1. The fourth-order valence-corrected chi connectivity index (χ4v) is 10.5. The molecule has 0 spiro atoms. The van der Waals surface area contributed by atoms with Crippen LogP contribution in [0.25, 0.3) is 0 Å². The van der Waals surface area contributed by atoms with Crippen LogP contribution in [0.15, 0.2) is 48.6 Å². The molecule has 452 valence electrons. The number of carbonyl (C=O) groups is 2. The molecule has 2 unspecified atom stereocenters. The zero-order valence-corrected chi connectivity index (χ0v) is 51.7. The molecule has 2 atom stereocenters. The van der Waals surface area contributed by atoms with E-state index in [9.17, 15) is 19.8 Å². The second-order valence-corrected chi connectivity index (χ2v) is 23.5. The molecule has 6 heteroatoms. The molecule has 0 radical (unpaired) electrons. The number of aliphatic hydroxyl groups is 2. The summed E-state index contributed by atoms with van der Waals surface area (Å²) in [6.45, 7) is 4.88. The Bertz CT molecular complexity index is 1290. The Kier molecular flexibility index (Phi) is 64.5. The second kappa shape index (κ2) is 66.3. The number of allylic oxidation sites excluding steroid dienone is 7. The topological polar surface area (TPSA) is 95.9 Å². The molecule has 1 amide bonds. The van der Waals surface area contributed by atoms with E-state index in [2.05, 4.69) is 55.6 Å². The van der Waals surface area contributed by atoms with E-state index < -0.39 is 12.1 Å². The molecule has 0 aromatic rings. The minimum atomic E-state index is -0.842. The lowest BCUT2D eigenvalue weighted by atomic mass is 10.0. The first-order chi connectivity index (χ1) is 38.0. The molecule has 3 N–H and O–H groups in total. The summed E-state index contributed by atoms with van der Waals surface area (Å²) >= 11 is 0. The summed E-state index contributed by atoms with van der Waals surface area (Å²) in [6, 6.07) is -0.626. The standard InChI is InChI=1S/C71H133NO5/c1-3-5-7-9-11-13-15-16-17-18-31-35-38-41-45-49-53-57-61-65-71(76)77-66-62-58-54-50-46-42-39-36-33-30-28-26-24-22-20-19-21-23-25-27-29-32-34-37-40-44-48-52-56-60-64-70(75)72-68(67-73)69(74)63-59-55-51-47-43-14-12-10-8-6-4-2/h11,13,16-17,20,22,59,63,68-69,73-74H,3-10,12,14-15,18-19,21,23-58,60-62,64-67H2,1-2H3,(H,72,75)/b13-11-,17-16-,22-20-,63-59+. The average molecular weight is 1080 g/mol. The molecule has 0 saturated heterocycles. The van der Waals surface area contributed by atoms with Crippen LogP contribution in [0.5, 0.6) is 0 Å². The van der Waals surface area contributed by atoms with Crippen molar-refractivity contribution >= 4 is 11.9 Å². The number of nitrogens with one attached hydrogen (secondary N) is 1. The molecule has 0 aliphatic rings. The summed E-state index contributed by atoms with van der Waals surface area (Å²) in [7, 11) is 0. The van der Waals surface area contributed by atoms with Crippen molar-refractivity contribution in [3.05, 3.63) is 48.6 Å². The summed E-state index contributed by atoms with van der Waals surface area (Å²) in [6.07, 6.45) is 86.2. The largest absolute Gasteiger partial charge is 0.466 e. The van der Waals surface area contributed by atoms with Crippen LogP contribution in [-0.4, -0.2) is 47.4 Å². The molecular weight excluding hydrogens is 947 g/mol. The van der Waals surface area contributed by atoms with Crippen molar-refractivity contribution < 1.29 is 24.5 Å². The van der Waals surface area contributed by atoms with Crippen LogP contribution < -0.4 is 5.32 Å². The number of unbranched alkanes of at least 4 members (excludes halogenated alkanes) is 47. The van der Waals surface area contributed by atoms with Crippen LogP contribution >= 0.6 is 0 Å². The van der Waals surface area contributed by atoms with Gasteiger partial charge in [-0.1, -0.05) is 313 Å². The van der Waals surface area contributed by atoms with Crippen LogP contribution in [0.4, 0.5) is 0 Å². The summed E-state index contributed by atoms with van der Waals surface area (Å²) in [5.74, 6) is -0.0540. The van der Waals surface area contributed by atoms with Gasteiger partial charge in [0.2, 0.25) is 5.91 Å². The molecular formula is C71H133NO5. The normalized spacial score (nSPS) is 12.8. The Labute approximate surface area is 480 Å². The molecule has 0 rings (SSSR count). The third-order valence-corrected chi connectivity index (χ3v) is 15.8. The fourth-order valence-electron chi connectivity index (χ4n) is 10.5. The number of hydrogen-bond donors (Lipinski definition) is 3. The van der Waals surface area contributed by atoms with Crippen LogP contribution in [-0.2, 0) is 14.3 Å². The Morgan fingerprint density at radius 3 is 1.03 bits per heavy atom. The van der Waals surface area contributed by atoms with E-state index >= 15 is 0 Å². The van der Waals surface area contributed by atoms with Gasteiger partial charge in [-0.2, -0.15) is 0 Å². The first kappa shape index (κ1) is 74.8. The van der Waals surface area contributed by atoms with Gasteiger partial charge in [-0.15, -0.1) is 0 Å². The van der Waals surface area contributed by atoms with Gasteiger partial charge in [0.25, 0.3) is 0 Å². The zero-order chi connectivity index (χ0) is 55.7. The molecule has 0 fully saturated rings. The molecule has 6 nitrogen and oxygen atoms in total. The Morgan fingerprint density at radius 2 is 0.649 bits per heavy atom. The quantitative estimate of drug-likeness (QED) is 0.0320. The summed E-state index contributed by atoms with van der Waals surface area (Å²) in [4.78, 5) is 24.5. The van der Waals surface area contributed by atoms with Gasteiger partial charge in [-0.25, -0.2) is 0 Å². The lowest BCUT2D eigenvalue weighted by Gasteiger charge is -2.20. The maximum atomic E-state index is 12.4. The molecule has 0 saturated carbocycles. The lowest BCUT2D eigenvalue weighted by Crippen LogP contribution is -2.45. The number of aliphatic hydroxyl groups excluding tert-OH is 2. The predicted molar refractivity (Wildman–Crippen MR) is 338 cm³/mol. The monoisotopic (exact) mass is 1080 g/mol. The van der Waals surface area contributed by atoms with Crippen molar-refractivity contribution in [1.29, 1.82) is 0 Å². The molecule has 0 bridgehead atoms. The zero-order valence-electron chi connectivity index (χ0n) is 51.7. The maximum absolute atomic E-state index is 12.4. The first-order valence-electron chi connectivity index (χ1n) is 34.4. The highest BCUT2D eigenvalue weighted by Gasteiger charge is 2.18. The Balaban J connectivity index is 3.35. The summed E-state index contributed by atoms with van der Waals surface area (Å²) < 4.78 is 5.51. The number of hydrogen-bond acceptors (Lipinski definition) is 5. The van der Waals surface area contributed by atoms with Gasteiger partial charge in [0, 0.05) is 12.8 Å². The third-order valence-electron chi connectivity index (χ3n) is 15.8. The van der Waals surface area contributed by atoms with Crippen molar-refractivity contribution in [2.75, 3.05) is 13.2 Å². The highest BCUT2D eigenvalue weighted by atomic mass is 16.5. The van der Waals surface area contributed by atoms with Gasteiger partial charge in [0.05, 0.1) is 25.4 Å². The van der Waals surface area contributed by atoms with Gasteiger partial charge in [0.1, 0.15) is 0 Å². The second-order valence-electron chi connectivity index (χ2n) is 23.5. The highest BCUT2D eigenvalue weighted by Crippen LogP contribution is 2.18. The molecule has 0 heterocycles. The number of ether oxygens (including phenoxy) is 1. The number of carbonyl (C=O) groups excluding carboxylic acids is 2. The van der Waals surface area contributed by atoms with Crippen molar-refractivity contribution in [2.24, 2.45) is 0 Å². The van der Waals surface area contributed by atoms with Crippen LogP contribution in [0.1, 0.15) is 367 Å². The molecule has 77 heavy (non-hydrogen) atoms. The Morgan fingerprint density at radius 1 is 0.364 bits per heavy atom. The van der Waals surface area contributed by atoms with E-state index in [1.165, 1.54) is 289 Å². The summed E-state index contributed by atoms with van der Waals surface area (Å²) in [5, 5.41) is 23.0. The van der Waals surface area contributed by atoms with Crippen molar-refractivity contribution in [2.45, 2.75) is 379 Å². The van der Waals surface area contributed by atoms with Crippen molar-refractivity contribution in [3.63, 3.8) is 0 Å². The van der Waals surface area contributed by atoms with Crippen LogP contribution in [0.2, 0.25) is 0 Å². The summed E-state index contributed by atoms with van der Waals surface area (Å²) in [5.41, 5.74) is 0. The average Bonchev–Trinajstić information content (AvgIpc) is 3.43. The van der Waals surface area contributed by atoms with E-state index in [1.54, 1.807) is 6.08 Å². The minimum absolute atomic E-state index is 0.0130. The van der Waals surface area contributed by atoms with Gasteiger partial charge in [-0.05, 0) is 89.9 Å². The van der Waals surface area contributed by atoms with E-state index in [4.69, 9.17) is 4.74 Å².